The maximum absolute atomic E-state index is 12.8. The molecule has 8 nitrogen and oxygen atoms in total. The molecule has 0 aromatic heterocycles. The third-order valence-corrected chi connectivity index (χ3v) is 8.23. The van der Waals surface area contributed by atoms with Crippen molar-refractivity contribution in [2.75, 3.05) is 52.4 Å². The standard InChI is InChI=1S/C18H32N4O4S/c1-15(23)17-5-3-7-19(17)9-11-21-13-14-22(27(21,25)26)12-10-20-8-4-6-18(20)16(2)24/h17-18H,3-14H2,1-2H3. The fourth-order valence-electron chi connectivity index (χ4n) is 4.66. The second kappa shape index (κ2) is 8.65. The number of carbonyl (C=O) groups is 2. The van der Waals surface area contributed by atoms with Gasteiger partial charge in [-0.15, -0.1) is 0 Å². The summed E-state index contributed by atoms with van der Waals surface area (Å²) in [5, 5.41) is 0. The fraction of sp³-hybridized carbons (Fsp3) is 0.889. The Balaban J connectivity index is 1.50. The number of hydrogen-bond donors (Lipinski definition) is 0. The Morgan fingerprint density at radius 1 is 0.741 bits per heavy atom. The van der Waals surface area contributed by atoms with Crippen molar-refractivity contribution in [3.63, 3.8) is 0 Å². The minimum absolute atomic E-state index is 0.0508. The van der Waals surface area contributed by atoms with Crippen LogP contribution in [-0.2, 0) is 19.8 Å². The van der Waals surface area contributed by atoms with Gasteiger partial charge in [-0.2, -0.15) is 17.0 Å². The lowest BCUT2D eigenvalue weighted by Gasteiger charge is -2.26. The van der Waals surface area contributed by atoms with Gasteiger partial charge in [0.25, 0.3) is 10.2 Å². The number of ketones is 2. The first-order valence-corrected chi connectivity index (χ1v) is 11.4. The van der Waals surface area contributed by atoms with E-state index in [4.69, 9.17) is 0 Å². The van der Waals surface area contributed by atoms with E-state index in [1.165, 1.54) is 8.61 Å². The third-order valence-electron chi connectivity index (χ3n) is 6.19. The van der Waals surface area contributed by atoms with E-state index in [2.05, 4.69) is 9.80 Å². The van der Waals surface area contributed by atoms with E-state index in [9.17, 15) is 18.0 Å². The highest BCUT2D eigenvalue weighted by Crippen LogP contribution is 2.22. The fourth-order valence-corrected chi connectivity index (χ4v) is 6.24. The number of likely N-dealkylation sites (tertiary alicyclic amines) is 2. The Morgan fingerprint density at radius 3 is 1.52 bits per heavy atom. The van der Waals surface area contributed by atoms with Gasteiger partial charge >= 0.3 is 0 Å². The summed E-state index contributed by atoms with van der Waals surface area (Å²) in [7, 11) is -3.44. The van der Waals surface area contributed by atoms with E-state index in [0.717, 1.165) is 38.8 Å². The first-order valence-electron chi connectivity index (χ1n) is 10.0. The van der Waals surface area contributed by atoms with Gasteiger partial charge in [-0.05, 0) is 52.6 Å². The molecule has 0 aromatic carbocycles. The highest BCUT2D eigenvalue weighted by Gasteiger charge is 2.38. The van der Waals surface area contributed by atoms with Crippen LogP contribution in [0, 0.1) is 0 Å². The Morgan fingerprint density at radius 2 is 1.15 bits per heavy atom. The minimum Gasteiger partial charge on any atom is -0.298 e. The number of Topliss-reactive ketones (excluding diaryl/α,β-unsaturated/α-hetero) is 2. The van der Waals surface area contributed by atoms with Crippen LogP contribution in [0.5, 0.6) is 0 Å². The summed E-state index contributed by atoms with van der Waals surface area (Å²) in [5.74, 6) is 0.341. The van der Waals surface area contributed by atoms with E-state index < -0.39 is 10.2 Å². The van der Waals surface area contributed by atoms with Gasteiger partial charge in [0.15, 0.2) is 0 Å². The van der Waals surface area contributed by atoms with E-state index in [0.29, 0.717) is 39.3 Å². The van der Waals surface area contributed by atoms with Crippen LogP contribution in [-0.4, -0.2) is 103 Å². The zero-order chi connectivity index (χ0) is 19.6. The molecule has 27 heavy (non-hydrogen) atoms. The van der Waals surface area contributed by atoms with Crippen LogP contribution in [0.4, 0.5) is 0 Å². The van der Waals surface area contributed by atoms with Crippen molar-refractivity contribution in [2.45, 2.75) is 51.6 Å². The molecular formula is C18H32N4O4S. The third kappa shape index (κ3) is 4.59. The quantitative estimate of drug-likeness (QED) is 0.569. The predicted octanol–water partition coefficient (Wildman–Crippen LogP) is -0.0444. The monoisotopic (exact) mass is 400 g/mol. The molecule has 154 valence electrons. The van der Waals surface area contributed by atoms with Crippen molar-refractivity contribution in [3.05, 3.63) is 0 Å². The molecule has 3 heterocycles. The van der Waals surface area contributed by atoms with Gasteiger partial charge in [-0.25, -0.2) is 0 Å². The summed E-state index contributed by atoms with van der Waals surface area (Å²) in [5.41, 5.74) is 0. The summed E-state index contributed by atoms with van der Waals surface area (Å²) in [6, 6.07) is -0.102. The molecule has 0 N–H and O–H groups in total. The first kappa shape index (κ1) is 20.9. The predicted molar refractivity (Wildman–Crippen MR) is 103 cm³/mol. The molecule has 0 radical (unpaired) electrons. The molecule has 0 aliphatic carbocycles. The molecule has 2 atom stereocenters. The molecule has 3 aliphatic rings. The Bertz CT molecular complexity index is 618. The molecule has 0 amide bonds. The Hall–Kier alpha value is -0.870. The van der Waals surface area contributed by atoms with Gasteiger partial charge in [0, 0.05) is 39.3 Å². The van der Waals surface area contributed by atoms with Gasteiger partial charge in [-0.1, -0.05) is 0 Å². The van der Waals surface area contributed by atoms with Gasteiger partial charge in [0.05, 0.1) is 12.1 Å². The van der Waals surface area contributed by atoms with E-state index >= 15 is 0 Å². The molecular weight excluding hydrogens is 368 g/mol. The zero-order valence-electron chi connectivity index (χ0n) is 16.5. The number of rotatable bonds is 8. The minimum atomic E-state index is -3.44. The molecule has 3 fully saturated rings. The largest absolute Gasteiger partial charge is 0.298 e. The van der Waals surface area contributed by atoms with Crippen molar-refractivity contribution in [1.29, 1.82) is 0 Å². The van der Waals surface area contributed by atoms with Gasteiger partial charge in [-0.3, -0.25) is 19.4 Å². The zero-order valence-corrected chi connectivity index (χ0v) is 17.3. The molecule has 0 saturated carbocycles. The lowest BCUT2D eigenvalue weighted by Crippen LogP contribution is -2.44. The second-order valence-corrected chi connectivity index (χ2v) is 9.84. The number of carbonyl (C=O) groups excluding carboxylic acids is 2. The van der Waals surface area contributed by atoms with Gasteiger partial charge < -0.3 is 0 Å². The average Bonchev–Trinajstić information content (AvgIpc) is 3.29. The summed E-state index contributed by atoms with van der Waals surface area (Å²) in [4.78, 5) is 27.6. The van der Waals surface area contributed by atoms with Crippen LogP contribution in [0.1, 0.15) is 39.5 Å². The van der Waals surface area contributed by atoms with Gasteiger partial charge in [0.1, 0.15) is 11.6 Å². The van der Waals surface area contributed by atoms with Crippen molar-refractivity contribution in [1.82, 2.24) is 18.4 Å². The molecule has 0 aromatic rings. The average molecular weight is 401 g/mol. The molecule has 0 spiro atoms. The molecule has 3 saturated heterocycles. The summed E-state index contributed by atoms with van der Waals surface area (Å²) in [6.45, 7) is 8.03. The van der Waals surface area contributed by atoms with Crippen LogP contribution < -0.4 is 0 Å². The van der Waals surface area contributed by atoms with Crippen LogP contribution >= 0.6 is 0 Å². The molecule has 3 aliphatic heterocycles. The summed E-state index contributed by atoms with van der Waals surface area (Å²) < 4.78 is 28.7. The van der Waals surface area contributed by atoms with Crippen molar-refractivity contribution >= 4 is 21.8 Å². The van der Waals surface area contributed by atoms with Crippen LogP contribution in [0.2, 0.25) is 0 Å². The topological polar surface area (TPSA) is 81.2 Å². The highest BCUT2D eigenvalue weighted by molar-refractivity contribution is 7.87. The molecule has 9 heteroatoms. The van der Waals surface area contributed by atoms with Gasteiger partial charge in [0.2, 0.25) is 0 Å². The molecule has 3 rings (SSSR count). The van der Waals surface area contributed by atoms with Crippen LogP contribution in [0.15, 0.2) is 0 Å². The second-order valence-electron chi connectivity index (χ2n) is 7.92. The first-order chi connectivity index (χ1) is 12.8. The van der Waals surface area contributed by atoms with E-state index in [-0.39, 0.29) is 23.7 Å². The van der Waals surface area contributed by atoms with E-state index in [1.54, 1.807) is 13.8 Å². The lowest BCUT2D eigenvalue weighted by molar-refractivity contribution is -0.122. The summed E-state index contributed by atoms with van der Waals surface area (Å²) >= 11 is 0. The highest BCUT2D eigenvalue weighted by atomic mass is 32.2. The van der Waals surface area contributed by atoms with E-state index in [1.807, 2.05) is 0 Å². The Labute approximate surface area is 162 Å². The lowest BCUT2D eigenvalue weighted by atomic mass is 10.1. The smallest absolute Gasteiger partial charge is 0.282 e. The maximum atomic E-state index is 12.8. The van der Waals surface area contributed by atoms with Crippen LogP contribution in [0.25, 0.3) is 0 Å². The van der Waals surface area contributed by atoms with Crippen molar-refractivity contribution in [3.8, 4) is 0 Å². The van der Waals surface area contributed by atoms with Crippen molar-refractivity contribution < 1.29 is 18.0 Å². The SMILES string of the molecule is CC(=O)C1CCCN1CCN1CCN(CCN2CCCC2C(C)=O)S1(=O)=O. The number of hydrogen-bond acceptors (Lipinski definition) is 6. The Kier molecular flexibility index (Phi) is 6.68. The molecule has 2 unspecified atom stereocenters. The van der Waals surface area contributed by atoms with Crippen LogP contribution in [0.3, 0.4) is 0 Å². The maximum Gasteiger partial charge on any atom is 0.282 e. The molecule has 0 bridgehead atoms. The normalized spacial score (nSPS) is 30.3. The number of nitrogens with zero attached hydrogens (tertiary/aromatic N) is 4. The summed E-state index contributed by atoms with van der Waals surface area (Å²) in [6.07, 6.45) is 3.75. The van der Waals surface area contributed by atoms with Crippen molar-refractivity contribution in [2.24, 2.45) is 0 Å².